The summed E-state index contributed by atoms with van der Waals surface area (Å²) < 4.78 is 20.4. The summed E-state index contributed by atoms with van der Waals surface area (Å²) in [6.45, 7) is 8.45. The zero-order valence-electron chi connectivity index (χ0n) is 11.7. The first kappa shape index (κ1) is 13.5. The molecule has 0 aliphatic carbocycles. The Balaban J connectivity index is 1.61. The van der Waals surface area contributed by atoms with Gasteiger partial charge < -0.3 is 13.3 Å². The van der Waals surface area contributed by atoms with Gasteiger partial charge in [0.1, 0.15) is 13.1 Å². The van der Waals surface area contributed by atoms with Crippen LogP contribution in [0.4, 0.5) is 0 Å². The number of hydrogen-bond acceptors (Lipinski definition) is 5. The van der Waals surface area contributed by atoms with Crippen LogP contribution >= 0.6 is 0 Å². The maximum absolute atomic E-state index is 6.03. The highest BCUT2D eigenvalue weighted by Crippen LogP contribution is 2.20. The summed E-state index contributed by atoms with van der Waals surface area (Å²) >= 11 is 0. The molecule has 3 saturated heterocycles. The second-order valence-electron chi connectivity index (χ2n) is 5.45. The topological polar surface area (TPSA) is 37.2 Å². The Kier molecular flexibility index (Phi) is 4.18. The number of fused-ring (bicyclic) bond motifs is 6. The molecular formula is C12H24N3O3Si+. The van der Waals surface area contributed by atoms with Gasteiger partial charge in [0.2, 0.25) is 6.34 Å². The third-order valence-corrected chi connectivity index (χ3v) is 6.76. The zero-order valence-corrected chi connectivity index (χ0v) is 12.7. The highest BCUT2D eigenvalue weighted by atomic mass is 28.4. The van der Waals surface area contributed by atoms with Crippen LogP contribution in [0.15, 0.2) is 0 Å². The first-order valence-electron chi connectivity index (χ1n) is 7.19. The SMILES string of the molecule is CN1C=[N+](CC[Si]23OCCN(CCO2)CCO3)CC1. The number of nitrogens with zero attached hydrogens (tertiary/aromatic N) is 3. The van der Waals surface area contributed by atoms with Crippen molar-refractivity contribution in [3.63, 3.8) is 0 Å². The Hall–Kier alpha value is -0.473. The molecule has 0 aromatic carbocycles. The summed E-state index contributed by atoms with van der Waals surface area (Å²) in [6, 6.07) is 0.900. The zero-order chi connectivity index (χ0) is 13.1. The van der Waals surface area contributed by atoms with Crippen molar-refractivity contribution < 1.29 is 17.9 Å². The molecule has 0 unspecified atom stereocenters. The molecule has 4 rings (SSSR count). The van der Waals surface area contributed by atoms with E-state index in [9.17, 15) is 0 Å². The van der Waals surface area contributed by atoms with E-state index in [1.54, 1.807) is 0 Å². The maximum atomic E-state index is 6.03. The first-order valence-corrected chi connectivity index (χ1v) is 9.12. The van der Waals surface area contributed by atoms with Gasteiger partial charge in [0.05, 0.1) is 39.5 Å². The fourth-order valence-electron chi connectivity index (χ4n) is 2.80. The molecule has 0 radical (unpaired) electrons. The molecule has 2 bridgehead atoms. The summed E-state index contributed by atoms with van der Waals surface area (Å²) in [6.07, 6.45) is 2.18. The standard InChI is InChI=1S/C12H24N3O3Si/c1-13-2-3-15(12-13)7-11-19-16-8-4-14(5-9-17-19)6-10-18-19/h12H,2-11H2,1H3/q+1. The molecule has 0 spiro atoms. The number of hydrogen-bond donors (Lipinski definition) is 0. The summed E-state index contributed by atoms with van der Waals surface area (Å²) in [5.41, 5.74) is 0. The molecule has 19 heavy (non-hydrogen) atoms. The number of rotatable bonds is 3. The van der Waals surface area contributed by atoms with Crippen molar-refractivity contribution in [3.8, 4) is 0 Å². The van der Waals surface area contributed by atoms with Gasteiger partial charge in [-0.15, -0.1) is 0 Å². The normalized spacial score (nSPS) is 35.7. The molecule has 3 fully saturated rings. The number of likely N-dealkylation sites (N-methyl/N-ethyl adjacent to an activating group) is 1. The van der Waals surface area contributed by atoms with Crippen LogP contribution < -0.4 is 0 Å². The van der Waals surface area contributed by atoms with E-state index < -0.39 is 8.80 Å². The van der Waals surface area contributed by atoms with Crippen molar-refractivity contribution in [2.24, 2.45) is 0 Å². The molecule has 0 aromatic rings. The van der Waals surface area contributed by atoms with Gasteiger partial charge in [-0.1, -0.05) is 0 Å². The van der Waals surface area contributed by atoms with E-state index in [0.29, 0.717) is 0 Å². The lowest BCUT2D eigenvalue weighted by atomic mass is 10.4. The van der Waals surface area contributed by atoms with Gasteiger partial charge in [0, 0.05) is 19.6 Å². The van der Waals surface area contributed by atoms with Crippen LogP contribution in [0.1, 0.15) is 0 Å². The quantitative estimate of drug-likeness (QED) is 0.506. The van der Waals surface area contributed by atoms with Crippen LogP contribution in [-0.2, 0) is 13.3 Å². The van der Waals surface area contributed by atoms with Crippen molar-refractivity contribution in [3.05, 3.63) is 0 Å². The van der Waals surface area contributed by atoms with Crippen molar-refractivity contribution in [2.45, 2.75) is 6.04 Å². The molecule has 6 nitrogen and oxygen atoms in total. The lowest BCUT2D eigenvalue weighted by Crippen LogP contribution is -2.55. The largest absolute Gasteiger partial charge is 0.505 e. The lowest BCUT2D eigenvalue weighted by Gasteiger charge is -2.37. The van der Waals surface area contributed by atoms with Crippen molar-refractivity contribution in [2.75, 3.05) is 66.1 Å². The van der Waals surface area contributed by atoms with E-state index in [-0.39, 0.29) is 0 Å². The predicted molar refractivity (Wildman–Crippen MR) is 73.5 cm³/mol. The van der Waals surface area contributed by atoms with E-state index in [1.807, 2.05) is 0 Å². The Bertz CT molecular complexity index is 327. The molecule has 0 atom stereocenters. The second-order valence-corrected chi connectivity index (χ2v) is 8.18. The van der Waals surface area contributed by atoms with Crippen LogP contribution in [0.2, 0.25) is 6.04 Å². The molecule has 108 valence electrons. The third kappa shape index (κ3) is 3.35. The smallest absolute Gasteiger partial charge is 0.372 e. The van der Waals surface area contributed by atoms with Gasteiger partial charge in [-0.3, -0.25) is 14.4 Å². The van der Waals surface area contributed by atoms with Crippen molar-refractivity contribution in [1.29, 1.82) is 0 Å². The van der Waals surface area contributed by atoms with Crippen molar-refractivity contribution >= 4 is 15.1 Å². The molecule has 0 aromatic heterocycles. The van der Waals surface area contributed by atoms with Gasteiger partial charge in [0.15, 0.2) is 0 Å². The van der Waals surface area contributed by atoms with E-state index in [4.69, 9.17) is 13.3 Å². The minimum absolute atomic E-state index is 0.746. The molecular weight excluding hydrogens is 262 g/mol. The van der Waals surface area contributed by atoms with Crippen molar-refractivity contribution in [1.82, 2.24) is 9.80 Å². The van der Waals surface area contributed by atoms with Gasteiger partial charge in [-0.2, -0.15) is 0 Å². The average Bonchev–Trinajstić information content (AvgIpc) is 2.72. The first-order chi connectivity index (χ1) is 9.26. The molecule has 4 aliphatic heterocycles. The average molecular weight is 286 g/mol. The fraction of sp³-hybridized carbons (Fsp3) is 0.917. The fourth-order valence-corrected chi connectivity index (χ4v) is 5.25. The van der Waals surface area contributed by atoms with Crippen LogP contribution in [0.25, 0.3) is 0 Å². The maximum Gasteiger partial charge on any atom is 0.505 e. The minimum Gasteiger partial charge on any atom is -0.372 e. The summed E-state index contributed by atoms with van der Waals surface area (Å²) in [5.74, 6) is 0. The van der Waals surface area contributed by atoms with Crippen LogP contribution in [0, 0.1) is 0 Å². The molecule has 4 heterocycles. The Morgan fingerprint density at radius 1 is 1.05 bits per heavy atom. The second kappa shape index (κ2) is 5.88. The monoisotopic (exact) mass is 286 g/mol. The third-order valence-electron chi connectivity index (χ3n) is 3.99. The van der Waals surface area contributed by atoms with Crippen LogP contribution in [0.3, 0.4) is 0 Å². The lowest BCUT2D eigenvalue weighted by molar-refractivity contribution is -0.510. The van der Waals surface area contributed by atoms with E-state index in [2.05, 4.69) is 27.8 Å². The molecule has 0 saturated carbocycles. The Labute approximate surface area is 115 Å². The van der Waals surface area contributed by atoms with Gasteiger partial charge in [-0.05, 0) is 0 Å². The molecule has 0 amide bonds. The van der Waals surface area contributed by atoms with Gasteiger partial charge >= 0.3 is 8.80 Å². The highest BCUT2D eigenvalue weighted by molar-refractivity contribution is 6.60. The van der Waals surface area contributed by atoms with Gasteiger partial charge in [0.25, 0.3) is 0 Å². The summed E-state index contributed by atoms with van der Waals surface area (Å²) in [7, 11) is -0.313. The van der Waals surface area contributed by atoms with E-state index in [0.717, 1.165) is 65.1 Å². The Morgan fingerprint density at radius 2 is 1.68 bits per heavy atom. The molecule has 7 heteroatoms. The molecule has 4 aliphatic rings. The van der Waals surface area contributed by atoms with Crippen LogP contribution in [-0.4, -0.2) is 95.7 Å². The van der Waals surface area contributed by atoms with Gasteiger partial charge in [-0.25, -0.2) is 0 Å². The van der Waals surface area contributed by atoms with E-state index >= 15 is 0 Å². The predicted octanol–water partition coefficient (Wildman–Crippen LogP) is -0.709. The summed E-state index contributed by atoms with van der Waals surface area (Å²) in [4.78, 5) is 4.57. The summed E-state index contributed by atoms with van der Waals surface area (Å²) in [5, 5.41) is 0. The molecule has 0 N–H and O–H groups in total. The minimum atomic E-state index is -2.42. The van der Waals surface area contributed by atoms with Crippen LogP contribution in [0.5, 0.6) is 0 Å². The highest BCUT2D eigenvalue weighted by Gasteiger charge is 2.44. The van der Waals surface area contributed by atoms with E-state index in [1.165, 1.54) is 0 Å². The Morgan fingerprint density at radius 3 is 2.21 bits per heavy atom.